The van der Waals surface area contributed by atoms with Crippen LogP contribution in [0.4, 0.5) is 8.78 Å². The number of hydrogen-bond acceptors (Lipinski definition) is 3. The zero-order chi connectivity index (χ0) is 15.0. The van der Waals surface area contributed by atoms with Crippen LogP contribution in [0.3, 0.4) is 0 Å². The second-order valence-electron chi connectivity index (χ2n) is 5.15. The van der Waals surface area contributed by atoms with Crippen LogP contribution in [0.5, 0.6) is 0 Å². The minimum atomic E-state index is -0.721. The van der Waals surface area contributed by atoms with E-state index in [1.165, 1.54) is 4.90 Å². The van der Waals surface area contributed by atoms with Gasteiger partial charge in [0.1, 0.15) is 11.6 Å². The van der Waals surface area contributed by atoms with Gasteiger partial charge in [0.25, 0.3) is 5.91 Å². The smallest absolute Gasteiger partial charge is 0.257 e. The Kier molecular flexibility index (Phi) is 3.45. The number of aromatic nitrogens is 1. The van der Waals surface area contributed by atoms with Crippen LogP contribution in [-0.2, 0) is 0 Å². The van der Waals surface area contributed by atoms with Crippen molar-refractivity contribution in [2.24, 2.45) is 0 Å². The van der Waals surface area contributed by atoms with Crippen molar-refractivity contribution in [3.8, 4) is 0 Å². The van der Waals surface area contributed by atoms with Crippen molar-refractivity contribution < 1.29 is 18.1 Å². The number of benzene rings is 1. The minimum Gasteiger partial charge on any atom is -0.359 e. The molecule has 21 heavy (non-hydrogen) atoms. The summed E-state index contributed by atoms with van der Waals surface area (Å²) in [6.45, 7) is 2.28. The van der Waals surface area contributed by atoms with Gasteiger partial charge in [-0.05, 0) is 38.0 Å². The third kappa shape index (κ3) is 2.53. The van der Waals surface area contributed by atoms with E-state index in [1.807, 2.05) is 0 Å². The molecule has 1 atom stereocenters. The van der Waals surface area contributed by atoms with E-state index in [-0.39, 0.29) is 11.6 Å². The summed E-state index contributed by atoms with van der Waals surface area (Å²) in [5, 5.41) is 3.81. The Bertz CT molecular complexity index is 684. The van der Waals surface area contributed by atoms with Crippen molar-refractivity contribution in [1.29, 1.82) is 0 Å². The van der Waals surface area contributed by atoms with E-state index in [0.717, 1.165) is 36.7 Å². The zero-order valence-electron chi connectivity index (χ0n) is 11.5. The van der Waals surface area contributed by atoms with Crippen LogP contribution in [0.1, 0.15) is 40.7 Å². The summed E-state index contributed by atoms with van der Waals surface area (Å²) < 4.78 is 32.2. The summed E-state index contributed by atoms with van der Waals surface area (Å²) in [7, 11) is 0. The second-order valence-corrected chi connectivity index (χ2v) is 5.15. The second kappa shape index (κ2) is 5.27. The number of aryl methyl sites for hydroxylation is 1. The van der Waals surface area contributed by atoms with Crippen LogP contribution >= 0.6 is 0 Å². The molecule has 6 heteroatoms. The number of hydrogen-bond donors (Lipinski definition) is 0. The lowest BCUT2D eigenvalue weighted by atomic mass is 10.1. The molecule has 3 rings (SSSR count). The molecule has 4 nitrogen and oxygen atoms in total. The van der Waals surface area contributed by atoms with Crippen LogP contribution in [0.15, 0.2) is 28.8 Å². The summed E-state index contributed by atoms with van der Waals surface area (Å²) in [5.74, 6) is -1.30. The van der Waals surface area contributed by atoms with E-state index < -0.39 is 17.5 Å². The first kappa shape index (κ1) is 13.7. The lowest BCUT2D eigenvalue weighted by molar-refractivity contribution is 0.0709. The summed E-state index contributed by atoms with van der Waals surface area (Å²) in [6.07, 6.45) is 1.50. The standard InChI is InChI=1S/C15H14F2N2O2/c1-9-7-14(21-18-9)13-3-2-6-19(13)15(20)11-8-10(16)4-5-12(11)17/h4-5,7-8,13H,2-3,6H2,1H3. The third-order valence-corrected chi connectivity index (χ3v) is 3.65. The maximum absolute atomic E-state index is 13.8. The number of rotatable bonds is 2. The molecular formula is C15H14F2N2O2. The third-order valence-electron chi connectivity index (χ3n) is 3.65. The number of amides is 1. The Morgan fingerprint density at radius 1 is 1.38 bits per heavy atom. The van der Waals surface area contributed by atoms with Gasteiger partial charge < -0.3 is 9.42 Å². The van der Waals surface area contributed by atoms with E-state index in [1.54, 1.807) is 13.0 Å². The van der Waals surface area contributed by atoms with Gasteiger partial charge in [-0.2, -0.15) is 0 Å². The molecule has 1 amide bonds. The van der Waals surface area contributed by atoms with Crippen molar-refractivity contribution in [3.63, 3.8) is 0 Å². The topological polar surface area (TPSA) is 46.3 Å². The summed E-state index contributed by atoms with van der Waals surface area (Å²) >= 11 is 0. The van der Waals surface area contributed by atoms with Crippen LogP contribution in [0.2, 0.25) is 0 Å². The van der Waals surface area contributed by atoms with Crippen molar-refractivity contribution in [2.45, 2.75) is 25.8 Å². The average molecular weight is 292 g/mol. The number of nitrogens with zero attached hydrogens (tertiary/aromatic N) is 2. The first-order valence-corrected chi connectivity index (χ1v) is 6.75. The SMILES string of the molecule is Cc1cc(C2CCCN2C(=O)c2cc(F)ccc2F)on1. The van der Waals surface area contributed by atoms with E-state index in [2.05, 4.69) is 5.16 Å². The highest BCUT2D eigenvalue weighted by Gasteiger charge is 2.34. The normalized spacial score (nSPS) is 18.2. The van der Waals surface area contributed by atoms with Crippen LogP contribution in [-0.4, -0.2) is 22.5 Å². The fourth-order valence-corrected chi connectivity index (χ4v) is 2.66. The quantitative estimate of drug-likeness (QED) is 0.853. The Labute approximate surface area is 120 Å². The molecule has 0 spiro atoms. The van der Waals surface area contributed by atoms with Gasteiger partial charge in [0.15, 0.2) is 5.76 Å². The largest absolute Gasteiger partial charge is 0.359 e. The minimum absolute atomic E-state index is 0.252. The van der Waals surface area contributed by atoms with Crippen molar-refractivity contribution in [2.75, 3.05) is 6.54 Å². The molecule has 0 N–H and O–H groups in total. The molecule has 110 valence electrons. The van der Waals surface area contributed by atoms with Crippen molar-refractivity contribution in [3.05, 3.63) is 52.9 Å². The van der Waals surface area contributed by atoms with Crippen LogP contribution < -0.4 is 0 Å². The van der Waals surface area contributed by atoms with Gasteiger partial charge in [0.2, 0.25) is 0 Å². The molecule has 0 radical (unpaired) electrons. The number of carbonyl (C=O) groups is 1. The molecule has 1 aliphatic rings. The van der Waals surface area contributed by atoms with Gasteiger partial charge in [-0.1, -0.05) is 5.16 Å². The van der Waals surface area contributed by atoms with Gasteiger partial charge in [-0.3, -0.25) is 4.79 Å². The average Bonchev–Trinajstić information content (AvgIpc) is 3.09. The number of halogens is 2. The van der Waals surface area contributed by atoms with E-state index in [9.17, 15) is 13.6 Å². The highest BCUT2D eigenvalue weighted by Crippen LogP contribution is 2.33. The molecule has 1 unspecified atom stereocenters. The lowest BCUT2D eigenvalue weighted by Gasteiger charge is -2.22. The van der Waals surface area contributed by atoms with E-state index in [4.69, 9.17) is 4.52 Å². The van der Waals surface area contributed by atoms with E-state index in [0.29, 0.717) is 12.3 Å². The molecule has 2 aromatic rings. The molecule has 1 aromatic carbocycles. The Hall–Kier alpha value is -2.24. The fraction of sp³-hybridized carbons (Fsp3) is 0.333. The predicted octanol–water partition coefficient (Wildman–Crippen LogP) is 3.24. The van der Waals surface area contributed by atoms with E-state index >= 15 is 0 Å². The fourth-order valence-electron chi connectivity index (χ4n) is 2.66. The number of carbonyl (C=O) groups excluding carboxylic acids is 1. The maximum atomic E-state index is 13.8. The Balaban J connectivity index is 1.91. The summed E-state index contributed by atoms with van der Waals surface area (Å²) in [6, 6.07) is 4.37. The lowest BCUT2D eigenvalue weighted by Crippen LogP contribution is -2.31. The molecule has 1 aliphatic heterocycles. The summed E-state index contributed by atoms with van der Waals surface area (Å²) in [5.41, 5.74) is 0.472. The first-order chi connectivity index (χ1) is 10.1. The van der Waals surface area contributed by atoms with Gasteiger partial charge in [0.05, 0.1) is 17.3 Å². The molecule has 1 saturated heterocycles. The van der Waals surface area contributed by atoms with Crippen LogP contribution in [0, 0.1) is 18.6 Å². The first-order valence-electron chi connectivity index (χ1n) is 6.75. The molecule has 1 aromatic heterocycles. The molecule has 0 bridgehead atoms. The van der Waals surface area contributed by atoms with Gasteiger partial charge in [0, 0.05) is 12.6 Å². The Morgan fingerprint density at radius 2 is 2.19 bits per heavy atom. The van der Waals surface area contributed by atoms with Gasteiger partial charge in [-0.25, -0.2) is 8.78 Å². The Morgan fingerprint density at radius 3 is 2.90 bits per heavy atom. The van der Waals surface area contributed by atoms with Crippen LogP contribution in [0.25, 0.3) is 0 Å². The van der Waals surface area contributed by atoms with Gasteiger partial charge in [-0.15, -0.1) is 0 Å². The highest BCUT2D eigenvalue weighted by molar-refractivity contribution is 5.95. The monoisotopic (exact) mass is 292 g/mol. The number of likely N-dealkylation sites (tertiary alicyclic amines) is 1. The predicted molar refractivity (Wildman–Crippen MR) is 70.6 cm³/mol. The molecule has 0 saturated carbocycles. The zero-order valence-corrected chi connectivity index (χ0v) is 11.5. The maximum Gasteiger partial charge on any atom is 0.257 e. The summed E-state index contributed by atoms with van der Waals surface area (Å²) in [4.78, 5) is 14.0. The molecular weight excluding hydrogens is 278 g/mol. The van der Waals surface area contributed by atoms with Gasteiger partial charge >= 0.3 is 0 Å². The molecule has 1 fully saturated rings. The van der Waals surface area contributed by atoms with Crippen molar-refractivity contribution >= 4 is 5.91 Å². The highest BCUT2D eigenvalue weighted by atomic mass is 19.1. The van der Waals surface area contributed by atoms with Crippen molar-refractivity contribution in [1.82, 2.24) is 10.1 Å². The molecule has 0 aliphatic carbocycles. The molecule has 2 heterocycles.